The van der Waals surface area contributed by atoms with Crippen molar-refractivity contribution in [1.82, 2.24) is 0 Å². The van der Waals surface area contributed by atoms with Crippen LogP contribution in [0.15, 0.2) is 0 Å². The Kier molecular flexibility index (Phi) is 4.13. The van der Waals surface area contributed by atoms with Gasteiger partial charge in [-0.2, -0.15) is 0 Å². The van der Waals surface area contributed by atoms with Crippen LogP contribution in [0.2, 0.25) is 0 Å². The van der Waals surface area contributed by atoms with Gasteiger partial charge in [-0.15, -0.1) is 0 Å². The molecule has 2 atom stereocenters. The van der Waals surface area contributed by atoms with Crippen molar-refractivity contribution < 1.29 is 8.76 Å². The van der Waals surface area contributed by atoms with Crippen molar-refractivity contribution in [3.05, 3.63) is 0 Å². The van der Waals surface area contributed by atoms with Gasteiger partial charge in [0.25, 0.3) is 0 Å². The lowest BCUT2D eigenvalue weighted by molar-refractivity contribution is 0.469. The molecule has 0 rings (SSSR count). The lowest BCUT2D eigenvalue weighted by Crippen LogP contribution is -2.28. The van der Waals surface area contributed by atoms with E-state index in [4.69, 9.17) is 4.55 Å². The Morgan fingerprint density at radius 3 is 2.10 bits per heavy atom. The van der Waals surface area contributed by atoms with Crippen LogP contribution in [0.5, 0.6) is 0 Å². The second-order valence-electron chi connectivity index (χ2n) is 2.80. The van der Waals surface area contributed by atoms with Gasteiger partial charge in [-0.3, -0.25) is 0 Å². The zero-order valence-corrected chi connectivity index (χ0v) is 7.70. The number of hydrogen-bond donors (Lipinski definition) is 1. The first kappa shape index (κ1) is 10.1. The molecular weight excluding hydrogens is 148 g/mol. The van der Waals surface area contributed by atoms with E-state index in [0.29, 0.717) is 0 Å². The molecule has 0 spiro atoms. The van der Waals surface area contributed by atoms with E-state index >= 15 is 0 Å². The normalized spacial score (nSPS) is 20.0. The summed E-state index contributed by atoms with van der Waals surface area (Å²) in [6, 6.07) is 0. The topological polar surface area (TPSA) is 37.3 Å². The summed E-state index contributed by atoms with van der Waals surface area (Å²) in [5.74, 6) is 0. The Morgan fingerprint density at radius 1 is 1.50 bits per heavy atom. The third-order valence-corrected chi connectivity index (χ3v) is 3.28. The molecule has 0 aliphatic carbocycles. The summed E-state index contributed by atoms with van der Waals surface area (Å²) in [7, 11) is 0. The van der Waals surface area contributed by atoms with Gasteiger partial charge in [0.15, 0.2) is 11.1 Å². The van der Waals surface area contributed by atoms with Gasteiger partial charge in [-0.25, -0.2) is 4.21 Å². The van der Waals surface area contributed by atoms with Gasteiger partial charge in [0, 0.05) is 0 Å². The molecule has 0 amide bonds. The molecule has 0 saturated heterocycles. The molecule has 0 aromatic carbocycles. The highest BCUT2D eigenvalue weighted by Crippen LogP contribution is 2.22. The Balaban J connectivity index is 4.08. The van der Waals surface area contributed by atoms with E-state index < -0.39 is 11.1 Å². The SMILES string of the molecule is CCCC(C)(CC)S(=O)O. The van der Waals surface area contributed by atoms with Crippen molar-refractivity contribution in [1.29, 1.82) is 0 Å². The zero-order chi connectivity index (χ0) is 8.20. The summed E-state index contributed by atoms with van der Waals surface area (Å²) >= 11 is -1.67. The minimum atomic E-state index is -1.67. The van der Waals surface area contributed by atoms with Gasteiger partial charge in [-0.1, -0.05) is 20.3 Å². The molecule has 62 valence electrons. The first-order chi connectivity index (χ1) is 4.56. The zero-order valence-electron chi connectivity index (χ0n) is 6.89. The highest BCUT2D eigenvalue weighted by atomic mass is 32.2. The average Bonchev–Trinajstić information content (AvgIpc) is 1.88. The highest BCUT2D eigenvalue weighted by molar-refractivity contribution is 7.80. The molecular formula is C7H16O2S. The van der Waals surface area contributed by atoms with Crippen LogP contribution in [0.1, 0.15) is 40.0 Å². The second-order valence-corrected chi connectivity index (χ2v) is 4.29. The second kappa shape index (κ2) is 4.09. The summed E-state index contributed by atoms with van der Waals surface area (Å²) in [4.78, 5) is 0. The van der Waals surface area contributed by atoms with Crippen LogP contribution >= 0.6 is 0 Å². The quantitative estimate of drug-likeness (QED) is 0.647. The summed E-state index contributed by atoms with van der Waals surface area (Å²) in [6.45, 7) is 5.83. The van der Waals surface area contributed by atoms with E-state index in [1.165, 1.54) is 0 Å². The van der Waals surface area contributed by atoms with E-state index in [2.05, 4.69) is 0 Å². The molecule has 3 heteroatoms. The molecule has 0 aromatic heterocycles. The molecule has 0 bridgehead atoms. The first-order valence-corrected chi connectivity index (χ1v) is 4.78. The fourth-order valence-corrected chi connectivity index (χ4v) is 1.54. The van der Waals surface area contributed by atoms with E-state index in [9.17, 15) is 4.21 Å². The van der Waals surface area contributed by atoms with E-state index in [-0.39, 0.29) is 4.75 Å². The van der Waals surface area contributed by atoms with Gasteiger partial charge in [0.05, 0.1) is 4.75 Å². The Labute approximate surface area is 65.3 Å². The molecule has 0 radical (unpaired) electrons. The van der Waals surface area contributed by atoms with Crippen LogP contribution in [0.4, 0.5) is 0 Å². The summed E-state index contributed by atoms with van der Waals surface area (Å²) in [6.07, 6.45) is 2.56. The van der Waals surface area contributed by atoms with Crippen molar-refractivity contribution >= 4 is 11.1 Å². The standard InChI is InChI=1S/C7H16O2S/c1-4-6-7(3,5-2)10(8)9/h4-6H2,1-3H3,(H,8,9). The predicted molar refractivity (Wildman–Crippen MR) is 44.4 cm³/mol. The molecule has 1 N–H and O–H groups in total. The Morgan fingerprint density at radius 2 is 2.00 bits per heavy atom. The molecule has 0 aliphatic heterocycles. The minimum Gasteiger partial charge on any atom is -0.306 e. The molecule has 0 aliphatic rings. The maximum Gasteiger partial charge on any atom is 0.158 e. The van der Waals surface area contributed by atoms with Crippen LogP contribution in [0.25, 0.3) is 0 Å². The van der Waals surface area contributed by atoms with E-state index in [0.717, 1.165) is 19.3 Å². The van der Waals surface area contributed by atoms with Crippen molar-refractivity contribution in [3.8, 4) is 0 Å². The van der Waals surface area contributed by atoms with E-state index in [1.807, 2.05) is 20.8 Å². The molecule has 2 nitrogen and oxygen atoms in total. The fourth-order valence-electron chi connectivity index (χ4n) is 0.916. The van der Waals surface area contributed by atoms with Gasteiger partial charge < -0.3 is 4.55 Å². The maximum atomic E-state index is 10.8. The van der Waals surface area contributed by atoms with Gasteiger partial charge in [-0.05, 0) is 19.8 Å². The molecule has 0 saturated carbocycles. The van der Waals surface area contributed by atoms with Gasteiger partial charge in [0.2, 0.25) is 0 Å². The van der Waals surface area contributed by atoms with Crippen molar-refractivity contribution in [2.75, 3.05) is 0 Å². The molecule has 0 aromatic rings. The molecule has 2 unspecified atom stereocenters. The monoisotopic (exact) mass is 164 g/mol. The summed E-state index contributed by atoms with van der Waals surface area (Å²) < 4.78 is 19.2. The minimum absolute atomic E-state index is 0.380. The molecule has 0 heterocycles. The lowest BCUT2D eigenvalue weighted by Gasteiger charge is -2.22. The average molecular weight is 164 g/mol. The van der Waals surface area contributed by atoms with Crippen molar-refractivity contribution in [2.24, 2.45) is 0 Å². The smallest absolute Gasteiger partial charge is 0.158 e. The largest absolute Gasteiger partial charge is 0.306 e. The van der Waals surface area contributed by atoms with Gasteiger partial charge >= 0.3 is 0 Å². The van der Waals surface area contributed by atoms with Crippen LogP contribution in [0.3, 0.4) is 0 Å². The summed E-state index contributed by atoms with van der Waals surface area (Å²) in [5.41, 5.74) is 0. The Hall–Kier alpha value is 0.110. The number of rotatable bonds is 4. The third kappa shape index (κ3) is 2.39. The first-order valence-electron chi connectivity index (χ1n) is 3.67. The van der Waals surface area contributed by atoms with Crippen LogP contribution in [-0.4, -0.2) is 13.5 Å². The summed E-state index contributed by atoms with van der Waals surface area (Å²) in [5, 5.41) is 0. The highest BCUT2D eigenvalue weighted by Gasteiger charge is 2.27. The number of hydrogen-bond acceptors (Lipinski definition) is 1. The van der Waals surface area contributed by atoms with Gasteiger partial charge in [0.1, 0.15) is 0 Å². The van der Waals surface area contributed by atoms with Crippen LogP contribution in [-0.2, 0) is 11.1 Å². The third-order valence-electron chi connectivity index (χ3n) is 1.95. The van der Waals surface area contributed by atoms with Crippen molar-refractivity contribution in [2.45, 2.75) is 44.8 Å². The lowest BCUT2D eigenvalue weighted by atomic mass is 10.0. The van der Waals surface area contributed by atoms with Crippen LogP contribution < -0.4 is 0 Å². The fraction of sp³-hybridized carbons (Fsp3) is 1.00. The Bertz CT molecular complexity index is 125. The van der Waals surface area contributed by atoms with Crippen molar-refractivity contribution in [3.63, 3.8) is 0 Å². The maximum absolute atomic E-state index is 10.8. The van der Waals surface area contributed by atoms with E-state index in [1.54, 1.807) is 0 Å². The molecule has 0 fully saturated rings. The van der Waals surface area contributed by atoms with Crippen LogP contribution in [0, 0.1) is 0 Å². The molecule has 10 heavy (non-hydrogen) atoms. The predicted octanol–water partition coefficient (Wildman–Crippen LogP) is 2.18.